The molecule has 0 bridgehead atoms. The number of benzene rings is 1. The Labute approximate surface area is 94.9 Å². The van der Waals surface area contributed by atoms with Gasteiger partial charge in [-0.25, -0.2) is 4.98 Å². The molecule has 3 nitrogen and oxygen atoms in total. The van der Waals surface area contributed by atoms with E-state index in [9.17, 15) is 0 Å². The second kappa shape index (κ2) is 5.15. The predicted octanol–water partition coefficient (Wildman–Crippen LogP) is 1.65. The Morgan fingerprint density at radius 3 is 2.75 bits per heavy atom. The van der Waals surface area contributed by atoms with E-state index in [1.54, 1.807) is 6.33 Å². The molecule has 2 aromatic rings. The molecule has 0 saturated carbocycles. The molecule has 16 heavy (non-hydrogen) atoms. The molecule has 0 aliphatic heterocycles. The Morgan fingerprint density at radius 1 is 1.31 bits per heavy atom. The quantitative estimate of drug-likeness (QED) is 0.741. The van der Waals surface area contributed by atoms with Crippen molar-refractivity contribution in [1.82, 2.24) is 15.3 Å². The maximum atomic E-state index is 3.99. The lowest BCUT2D eigenvalue weighted by molar-refractivity contribution is 0.938. The zero-order valence-corrected chi connectivity index (χ0v) is 9.12. The fourth-order valence-corrected chi connectivity index (χ4v) is 1.38. The summed E-state index contributed by atoms with van der Waals surface area (Å²) in [7, 11) is 1.88. The van der Waals surface area contributed by atoms with Crippen LogP contribution in [0.4, 0.5) is 0 Å². The lowest BCUT2D eigenvalue weighted by Crippen LogP contribution is -2.04. The van der Waals surface area contributed by atoms with Crippen molar-refractivity contribution in [3.8, 4) is 23.1 Å². The highest BCUT2D eigenvalue weighted by Crippen LogP contribution is 2.15. The molecule has 0 fully saturated rings. The maximum Gasteiger partial charge on any atom is 0.0924 e. The SMILES string of the molecule is CNCC#Cc1ccc(-c2cnc[nH]2)cc1. The second-order valence-electron chi connectivity index (χ2n) is 3.37. The molecular weight excluding hydrogens is 198 g/mol. The van der Waals surface area contributed by atoms with Crippen LogP contribution >= 0.6 is 0 Å². The van der Waals surface area contributed by atoms with E-state index in [0.29, 0.717) is 6.54 Å². The van der Waals surface area contributed by atoms with Gasteiger partial charge in [-0.2, -0.15) is 0 Å². The summed E-state index contributed by atoms with van der Waals surface area (Å²) in [5, 5.41) is 2.98. The predicted molar refractivity (Wildman–Crippen MR) is 64.8 cm³/mol. The summed E-state index contributed by atoms with van der Waals surface area (Å²) in [4.78, 5) is 7.06. The van der Waals surface area contributed by atoms with Gasteiger partial charge in [-0.15, -0.1) is 0 Å². The summed E-state index contributed by atoms with van der Waals surface area (Å²) in [5.41, 5.74) is 3.17. The number of nitrogens with one attached hydrogen (secondary N) is 2. The fraction of sp³-hybridized carbons (Fsp3) is 0.154. The van der Waals surface area contributed by atoms with Gasteiger partial charge in [0.05, 0.1) is 24.8 Å². The Kier molecular flexibility index (Phi) is 3.37. The number of imidazole rings is 1. The minimum Gasteiger partial charge on any atom is -0.345 e. The highest BCUT2D eigenvalue weighted by molar-refractivity contribution is 5.59. The average Bonchev–Trinajstić information content (AvgIpc) is 2.84. The molecule has 1 aromatic carbocycles. The van der Waals surface area contributed by atoms with Crippen molar-refractivity contribution in [3.63, 3.8) is 0 Å². The van der Waals surface area contributed by atoms with Gasteiger partial charge < -0.3 is 10.3 Å². The van der Waals surface area contributed by atoms with Gasteiger partial charge in [-0.3, -0.25) is 0 Å². The van der Waals surface area contributed by atoms with Crippen molar-refractivity contribution in [1.29, 1.82) is 0 Å². The van der Waals surface area contributed by atoms with Crippen molar-refractivity contribution in [2.45, 2.75) is 0 Å². The van der Waals surface area contributed by atoms with Crippen LogP contribution in [-0.4, -0.2) is 23.6 Å². The van der Waals surface area contributed by atoms with Crippen molar-refractivity contribution in [3.05, 3.63) is 42.4 Å². The van der Waals surface area contributed by atoms with Gasteiger partial charge in [0.25, 0.3) is 0 Å². The molecule has 1 aromatic heterocycles. The van der Waals surface area contributed by atoms with Crippen molar-refractivity contribution < 1.29 is 0 Å². The van der Waals surface area contributed by atoms with Crippen LogP contribution in [0.25, 0.3) is 11.3 Å². The normalized spacial score (nSPS) is 9.56. The fourth-order valence-electron chi connectivity index (χ4n) is 1.38. The third kappa shape index (κ3) is 2.50. The molecule has 0 saturated heterocycles. The third-order valence-corrected chi connectivity index (χ3v) is 2.19. The lowest BCUT2D eigenvalue weighted by Gasteiger charge is -1.96. The summed E-state index contributed by atoms with van der Waals surface area (Å²) in [6, 6.07) is 8.10. The van der Waals surface area contributed by atoms with Crippen molar-refractivity contribution >= 4 is 0 Å². The van der Waals surface area contributed by atoms with E-state index in [1.807, 2.05) is 37.5 Å². The second-order valence-corrected chi connectivity index (χ2v) is 3.37. The number of H-pyrrole nitrogens is 1. The number of aromatic nitrogens is 2. The molecule has 0 aliphatic carbocycles. The zero-order chi connectivity index (χ0) is 11.2. The Bertz CT molecular complexity index is 486. The molecule has 0 aliphatic rings. The molecule has 2 N–H and O–H groups in total. The highest BCUT2D eigenvalue weighted by atomic mass is 14.9. The summed E-state index contributed by atoms with van der Waals surface area (Å²) < 4.78 is 0. The minimum atomic E-state index is 0.711. The van der Waals surface area contributed by atoms with Gasteiger partial charge in [0.1, 0.15) is 0 Å². The van der Waals surface area contributed by atoms with Gasteiger partial charge >= 0.3 is 0 Å². The first-order valence-electron chi connectivity index (χ1n) is 5.12. The van der Waals surface area contributed by atoms with E-state index in [-0.39, 0.29) is 0 Å². The van der Waals surface area contributed by atoms with Crippen molar-refractivity contribution in [2.24, 2.45) is 0 Å². The molecule has 80 valence electrons. The molecule has 0 atom stereocenters. The first-order valence-corrected chi connectivity index (χ1v) is 5.12. The molecular formula is C13H13N3. The first-order chi connectivity index (χ1) is 7.90. The molecule has 0 radical (unpaired) electrons. The summed E-state index contributed by atoms with van der Waals surface area (Å²) in [6.45, 7) is 0.711. The number of hydrogen-bond donors (Lipinski definition) is 2. The third-order valence-electron chi connectivity index (χ3n) is 2.19. The summed E-state index contributed by atoms with van der Waals surface area (Å²) in [6.07, 6.45) is 3.48. The van der Waals surface area contributed by atoms with Crippen LogP contribution in [0.2, 0.25) is 0 Å². The largest absolute Gasteiger partial charge is 0.345 e. The zero-order valence-electron chi connectivity index (χ0n) is 9.12. The van der Waals surface area contributed by atoms with Crippen LogP contribution in [0, 0.1) is 11.8 Å². The van der Waals surface area contributed by atoms with Gasteiger partial charge in [0, 0.05) is 5.56 Å². The monoisotopic (exact) mass is 211 g/mol. The van der Waals surface area contributed by atoms with Crippen molar-refractivity contribution in [2.75, 3.05) is 13.6 Å². The topological polar surface area (TPSA) is 40.7 Å². The number of aromatic amines is 1. The summed E-state index contributed by atoms with van der Waals surface area (Å²) in [5.74, 6) is 6.10. The average molecular weight is 211 g/mol. The van der Waals surface area contributed by atoms with Crippen LogP contribution in [0.15, 0.2) is 36.8 Å². The Morgan fingerprint density at radius 2 is 2.12 bits per heavy atom. The lowest BCUT2D eigenvalue weighted by atomic mass is 10.1. The van der Waals surface area contributed by atoms with Gasteiger partial charge in [-0.1, -0.05) is 24.0 Å². The van der Waals surface area contributed by atoms with Crippen LogP contribution in [0.3, 0.4) is 0 Å². The van der Waals surface area contributed by atoms with E-state index < -0.39 is 0 Å². The van der Waals surface area contributed by atoms with Crippen LogP contribution in [0.5, 0.6) is 0 Å². The molecule has 0 spiro atoms. The van der Waals surface area contributed by atoms with E-state index in [4.69, 9.17) is 0 Å². The van der Waals surface area contributed by atoms with Crippen LogP contribution < -0.4 is 5.32 Å². The maximum absolute atomic E-state index is 3.99. The van der Waals surface area contributed by atoms with Crippen LogP contribution in [0.1, 0.15) is 5.56 Å². The van der Waals surface area contributed by atoms with Gasteiger partial charge in [0.2, 0.25) is 0 Å². The molecule has 1 heterocycles. The summed E-state index contributed by atoms with van der Waals surface area (Å²) >= 11 is 0. The standard InChI is InChI=1S/C13H13N3/c1-14-8-2-3-11-4-6-12(7-5-11)13-9-15-10-16-13/h4-7,9-10,14H,8H2,1H3,(H,15,16). The molecule has 0 amide bonds. The van der Waals surface area contributed by atoms with Gasteiger partial charge in [0.15, 0.2) is 0 Å². The Balaban J connectivity index is 2.15. The van der Waals surface area contributed by atoms with Gasteiger partial charge in [-0.05, 0) is 24.7 Å². The highest BCUT2D eigenvalue weighted by Gasteiger charge is 1.97. The molecule has 2 rings (SSSR count). The molecule has 0 unspecified atom stereocenters. The van der Waals surface area contributed by atoms with Crippen LogP contribution in [-0.2, 0) is 0 Å². The van der Waals surface area contributed by atoms with E-state index in [0.717, 1.165) is 16.8 Å². The van der Waals surface area contributed by atoms with E-state index in [2.05, 4.69) is 27.1 Å². The van der Waals surface area contributed by atoms with E-state index >= 15 is 0 Å². The number of rotatable bonds is 2. The number of nitrogens with zero attached hydrogens (tertiary/aromatic N) is 1. The number of hydrogen-bond acceptors (Lipinski definition) is 2. The first kappa shape index (κ1) is 10.5. The van der Waals surface area contributed by atoms with E-state index in [1.165, 1.54) is 0 Å². The minimum absolute atomic E-state index is 0.711. The Hall–Kier alpha value is -2.05. The smallest absolute Gasteiger partial charge is 0.0924 e. The molecule has 3 heteroatoms.